The highest BCUT2D eigenvalue weighted by molar-refractivity contribution is 6.01. The first kappa shape index (κ1) is 15.2. The van der Waals surface area contributed by atoms with Crippen molar-refractivity contribution in [2.24, 2.45) is 0 Å². The third-order valence-electron chi connectivity index (χ3n) is 2.86. The van der Waals surface area contributed by atoms with Crippen LogP contribution in [0.1, 0.15) is 43.0 Å². The van der Waals surface area contributed by atoms with Crippen LogP contribution in [0.4, 0.5) is 4.39 Å². The van der Waals surface area contributed by atoms with Gasteiger partial charge in [0.1, 0.15) is 23.2 Å². The average molecular weight is 292 g/mol. The Morgan fingerprint density at radius 3 is 2.43 bits per heavy atom. The second-order valence-electron chi connectivity index (χ2n) is 5.08. The van der Waals surface area contributed by atoms with E-state index >= 15 is 0 Å². The summed E-state index contributed by atoms with van der Waals surface area (Å²) in [4.78, 5) is 12.3. The largest absolute Gasteiger partial charge is 0.385 e. The maximum absolute atomic E-state index is 13.0. The van der Waals surface area contributed by atoms with Gasteiger partial charge >= 0.3 is 0 Å². The summed E-state index contributed by atoms with van der Waals surface area (Å²) >= 11 is 0. The van der Waals surface area contributed by atoms with E-state index in [4.69, 9.17) is 4.52 Å². The van der Waals surface area contributed by atoms with Gasteiger partial charge in [0.05, 0.1) is 0 Å². The van der Waals surface area contributed by atoms with E-state index in [1.807, 2.05) is 13.8 Å². The number of nitrogens with one attached hydrogen (secondary N) is 1. The predicted octanol–water partition coefficient (Wildman–Crippen LogP) is 2.67. The Bertz CT molecular complexity index is 633. The number of hydrogen-bond acceptors (Lipinski definition) is 4. The van der Waals surface area contributed by atoms with Crippen molar-refractivity contribution >= 4 is 5.91 Å². The number of carbonyl (C=O) groups is 1. The van der Waals surface area contributed by atoms with Crippen LogP contribution in [0.5, 0.6) is 0 Å². The Morgan fingerprint density at radius 1 is 1.29 bits per heavy atom. The average Bonchev–Trinajstić information content (AvgIpc) is 2.83. The molecule has 0 saturated heterocycles. The van der Waals surface area contributed by atoms with Gasteiger partial charge < -0.3 is 14.9 Å². The lowest BCUT2D eigenvalue weighted by Crippen LogP contribution is -2.31. The Morgan fingerprint density at radius 2 is 1.90 bits per heavy atom. The highest BCUT2D eigenvalue weighted by atomic mass is 19.1. The minimum Gasteiger partial charge on any atom is -0.385 e. The number of nitrogens with zero attached hydrogens (tertiary/aromatic N) is 1. The maximum atomic E-state index is 13.0. The summed E-state index contributed by atoms with van der Waals surface area (Å²) < 4.78 is 18.1. The molecule has 0 saturated carbocycles. The van der Waals surface area contributed by atoms with E-state index in [1.54, 1.807) is 0 Å². The van der Waals surface area contributed by atoms with Crippen molar-refractivity contribution in [2.45, 2.75) is 32.9 Å². The van der Waals surface area contributed by atoms with Gasteiger partial charge in [0, 0.05) is 11.6 Å². The molecule has 1 heterocycles. The fraction of sp³-hybridized carbons (Fsp3) is 0.333. The molecule has 2 rings (SSSR count). The Hall–Kier alpha value is -2.21. The van der Waals surface area contributed by atoms with Crippen molar-refractivity contribution in [2.75, 3.05) is 0 Å². The fourth-order valence-electron chi connectivity index (χ4n) is 1.95. The summed E-state index contributed by atoms with van der Waals surface area (Å²) in [5.74, 6) is -0.680. The lowest BCUT2D eigenvalue weighted by Gasteiger charge is -2.10. The molecule has 2 N–H and O–H groups in total. The number of aromatic nitrogens is 1. The first-order valence-electron chi connectivity index (χ1n) is 6.64. The molecule has 0 bridgehead atoms. The van der Waals surface area contributed by atoms with Crippen molar-refractivity contribution in [3.05, 3.63) is 41.4 Å². The minimum atomic E-state index is -0.973. The number of hydrogen-bond donors (Lipinski definition) is 2. The summed E-state index contributed by atoms with van der Waals surface area (Å²) in [6, 6.07) is 5.48. The molecule has 0 aliphatic carbocycles. The van der Waals surface area contributed by atoms with Gasteiger partial charge in [-0.2, -0.15) is 0 Å². The van der Waals surface area contributed by atoms with Gasteiger partial charge in [-0.05, 0) is 45.0 Å². The minimum absolute atomic E-state index is 0.0738. The third kappa shape index (κ3) is 3.28. The second kappa shape index (κ2) is 6.05. The van der Waals surface area contributed by atoms with Crippen LogP contribution in [0.15, 0.2) is 28.8 Å². The van der Waals surface area contributed by atoms with Crippen molar-refractivity contribution in [3.8, 4) is 11.3 Å². The molecule has 1 aromatic carbocycles. The lowest BCUT2D eigenvalue weighted by atomic mass is 10.0. The van der Waals surface area contributed by atoms with Gasteiger partial charge in [-0.15, -0.1) is 0 Å². The van der Waals surface area contributed by atoms with Gasteiger partial charge in [0.25, 0.3) is 5.91 Å². The molecule has 1 unspecified atom stereocenters. The van der Waals surface area contributed by atoms with E-state index in [9.17, 15) is 14.3 Å². The van der Waals surface area contributed by atoms with Crippen molar-refractivity contribution in [3.63, 3.8) is 0 Å². The normalized spacial score (nSPS) is 12.5. The van der Waals surface area contributed by atoms with E-state index in [-0.39, 0.29) is 34.8 Å². The molecule has 21 heavy (non-hydrogen) atoms. The smallest absolute Gasteiger partial charge is 0.257 e. The maximum Gasteiger partial charge on any atom is 0.257 e. The van der Waals surface area contributed by atoms with Crippen molar-refractivity contribution < 1.29 is 18.8 Å². The highest BCUT2D eigenvalue weighted by Gasteiger charge is 2.26. The molecule has 1 aromatic heterocycles. The molecule has 0 spiro atoms. The zero-order valence-corrected chi connectivity index (χ0v) is 12.1. The second-order valence-corrected chi connectivity index (χ2v) is 5.08. The van der Waals surface area contributed by atoms with Crippen LogP contribution in [-0.4, -0.2) is 22.2 Å². The molecule has 0 aliphatic rings. The number of aliphatic hydroxyl groups is 1. The van der Waals surface area contributed by atoms with Gasteiger partial charge in [0.15, 0.2) is 5.76 Å². The molecule has 0 radical (unpaired) electrons. The Labute approximate surface area is 121 Å². The van der Waals surface area contributed by atoms with Crippen LogP contribution in [0.3, 0.4) is 0 Å². The number of amides is 1. The summed E-state index contributed by atoms with van der Waals surface area (Å²) in [7, 11) is 0. The summed E-state index contributed by atoms with van der Waals surface area (Å²) in [5.41, 5.74) is 0.996. The van der Waals surface area contributed by atoms with Gasteiger partial charge in [-0.3, -0.25) is 4.79 Å². The molecular weight excluding hydrogens is 275 g/mol. The number of rotatable bonds is 4. The summed E-state index contributed by atoms with van der Waals surface area (Å²) in [5, 5.41) is 16.3. The molecule has 1 atom stereocenters. The zero-order valence-electron chi connectivity index (χ0n) is 12.1. The number of halogens is 1. The summed E-state index contributed by atoms with van der Waals surface area (Å²) in [6.07, 6.45) is -0.973. The molecule has 112 valence electrons. The van der Waals surface area contributed by atoms with Crippen LogP contribution in [-0.2, 0) is 0 Å². The molecule has 2 aromatic rings. The molecule has 6 heteroatoms. The zero-order chi connectivity index (χ0) is 15.6. The molecule has 1 amide bonds. The van der Waals surface area contributed by atoms with Gasteiger partial charge in [-0.1, -0.05) is 5.16 Å². The monoisotopic (exact) mass is 292 g/mol. The topological polar surface area (TPSA) is 75.4 Å². The third-order valence-corrected chi connectivity index (χ3v) is 2.86. The molecular formula is C15H17FN2O3. The van der Waals surface area contributed by atoms with Crippen molar-refractivity contribution in [1.29, 1.82) is 0 Å². The van der Waals surface area contributed by atoms with E-state index in [0.29, 0.717) is 5.56 Å². The lowest BCUT2D eigenvalue weighted by molar-refractivity contribution is 0.0930. The first-order valence-corrected chi connectivity index (χ1v) is 6.64. The number of benzene rings is 1. The molecule has 0 fully saturated rings. The van der Waals surface area contributed by atoms with E-state index in [0.717, 1.165) is 0 Å². The quantitative estimate of drug-likeness (QED) is 0.908. The fourth-order valence-corrected chi connectivity index (χ4v) is 1.95. The van der Waals surface area contributed by atoms with Crippen LogP contribution < -0.4 is 5.32 Å². The van der Waals surface area contributed by atoms with Crippen LogP contribution in [0, 0.1) is 5.82 Å². The van der Waals surface area contributed by atoms with E-state index in [1.165, 1.54) is 31.2 Å². The first-order chi connectivity index (χ1) is 9.90. The van der Waals surface area contributed by atoms with Crippen LogP contribution in [0.25, 0.3) is 11.3 Å². The standard InChI is InChI=1S/C15H17FN2O3/c1-8(2)17-15(20)12-13(18-21-14(12)9(3)19)10-4-6-11(16)7-5-10/h4-9,19H,1-3H3,(H,17,20). The molecule has 0 aliphatic heterocycles. The van der Waals surface area contributed by atoms with E-state index in [2.05, 4.69) is 10.5 Å². The van der Waals surface area contributed by atoms with E-state index < -0.39 is 6.10 Å². The van der Waals surface area contributed by atoms with Crippen LogP contribution >= 0.6 is 0 Å². The number of aliphatic hydroxyl groups excluding tert-OH is 1. The molecule has 5 nitrogen and oxygen atoms in total. The van der Waals surface area contributed by atoms with Crippen molar-refractivity contribution in [1.82, 2.24) is 10.5 Å². The van der Waals surface area contributed by atoms with Crippen LogP contribution in [0.2, 0.25) is 0 Å². The Balaban J connectivity index is 2.51. The highest BCUT2D eigenvalue weighted by Crippen LogP contribution is 2.29. The SMILES string of the molecule is CC(C)NC(=O)c1c(-c2ccc(F)cc2)noc1C(C)O. The predicted molar refractivity (Wildman–Crippen MR) is 75.1 cm³/mol. The summed E-state index contributed by atoms with van der Waals surface area (Å²) in [6.45, 7) is 5.14. The Kier molecular flexibility index (Phi) is 4.37. The van der Waals surface area contributed by atoms with Gasteiger partial charge in [-0.25, -0.2) is 4.39 Å². The number of carbonyl (C=O) groups excluding carboxylic acids is 1. The van der Waals surface area contributed by atoms with Gasteiger partial charge in [0.2, 0.25) is 0 Å².